The second-order valence-electron chi connectivity index (χ2n) is 3.87. The van der Waals surface area contributed by atoms with Crippen molar-refractivity contribution in [3.63, 3.8) is 0 Å². The summed E-state index contributed by atoms with van der Waals surface area (Å²) in [4.78, 5) is 4.00. The van der Waals surface area contributed by atoms with Crippen LogP contribution >= 0.6 is 23.2 Å². The molecule has 1 aromatic carbocycles. The first kappa shape index (κ1) is 13.1. The largest absolute Gasteiger partial charge is 0.244 e. The highest BCUT2D eigenvalue weighted by molar-refractivity contribution is 6.30. The maximum Gasteiger partial charge on any atom is 0.142 e. The van der Waals surface area contributed by atoms with Crippen molar-refractivity contribution in [2.75, 3.05) is 0 Å². The molecule has 0 N–H and O–H groups in total. The second kappa shape index (κ2) is 5.51. The van der Waals surface area contributed by atoms with Gasteiger partial charge < -0.3 is 0 Å². The summed E-state index contributed by atoms with van der Waals surface area (Å²) in [5, 5.41) is 0.571. The molecule has 0 radical (unpaired) electrons. The minimum Gasteiger partial charge on any atom is -0.244 e. The first-order valence-corrected chi connectivity index (χ1v) is 6.07. The van der Waals surface area contributed by atoms with E-state index in [9.17, 15) is 4.39 Å². The number of allylic oxidation sites excluding steroid dienone is 1. The van der Waals surface area contributed by atoms with Gasteiger partial charge in [-0.2, -0.15) is 0 Å². The lowest BCUT2D eigenvalue weighted by molar-refractivity contribution is 0.628. The first-order valence-electron chi connectivity index (χ1n) is 5.31. The number of nitrogens with zero attached hydrogens (tertiary/aromatic N) is 1. The van der Waals surface area contributed by atoms with E-state index in [1.165, 1.54) is 12.1 Å². The lowest BCUT2D eigenvalue weighted by Crippen LogP contribution is -1.84. The average molecular weight is 282 g/mol. The molecule has 0 aliphatic rings. The van der Waals surface area contributed by atoms with Gasteiger partial charge in [0.2, 0.25) is 0 Å². The van der Waals surface area contributed by atoms with Crippen molar-refractivity contribution in [2.24, 2.45) is 0 Å². The molecule has 0 unspecified atom stereocenters. The number of hydrogen-bond acceptors (Lipinski definition) is 1. The predicted octanol–water partition coefficient (Wildman–Crippen LogP) is 5.09. The summed E-state index contributed by atoms with van der Waals surface area (Å²) in [6, 6.07) is 8.29. The number of rotatable bonds is 2. The Morgan fingerprint density at radius 2 is 2.00 bits per heavy atom. The van der Waals surface area contributed by atoms with E-state index in [1.807, 2.05) is 19.1 Å². The Bertz CT molecular complexity index is 591. The Labute approximate surface area is 115 Å². The molecule has 0 fully saturated rings. The average Bonchev–Trinajstić information content (AvgIpc) is 2.34. The molecule has 0 saturated heterocycles. The zero-order chi connectivity index (χ0) is 13.1. The van der Waals surface area contributed by atoms with Crippen molar-refractivity contribution in [3.05, 3.63) is 63.6 Å². The molecule has 4 heteroatoms. The van der Waals surface area contributed by atoms with Crippen molar-refractivity contribution in [2.45, 2.75) is 6.92 Å². The van der Waals surface area contributed by atoms with Gasteiger partial charge >= 0.3 is 0 Å². The fourth-order valence-electron chi connectivity index (χ4n) is 1.54. The van der Waals surface area contributed by atoms with E-state index in [1.54, 1.807) is 18.3 Å². The van der Waals surface area contributed by atoms with Crippen molar-refractivity contribution < 1.29 is 4.39 Å². The number of hydrogen-bond donors (Lipinski definition) is 0. The molecule has 0 amide bonds. The Kier molecular flexibility index (Phi) is 4.00. The molecule has 0 aliphatic carbocycles. The van der Waals surface area contributed by atoms with Gasteiger partial charge in [-0.1, -0.05) is 41.4 Å². The van der Waals surface area contributed by atoms with Crippen LogP contribution < -0.4 is 0 Å². The molecular weight excluding hydrogens is 272 g/mol. The number of aromatic nitrogens is 1. The highest BCUT2D eigenvalue weighted by Crippen LogP contribution is 2.21. The number of benzene rings is 1. The van der Waals surface area contributed by atoms with Crippen LogP contribution in [0.3, 0.4) is 0 Å². The van der Waals surface area contributed by atoms with E-state index in [0.29, 0.717) is 5.15 Å². The highest BCUT2D eigenvalue weighted by Gasteiger charge is 2.01. The van der Waals surface area contributed by atoms with Crippen molar-refractivity contribution in [3.8, 4) is 0 Å². The fraction of sp³-hybridized carbons (Fsp3) is 0.0714. The van der Waals surface area contributed by atoms with Crippen LogP contribution in [0, 0.1) is 5.82 Å². The summed E-state index contributed by atoms with van der Waals surface area (Å²) in [6.45, 7) is 1.93. The lowest BCUT2D eigenvalue weighted by Gasteiger charge is -2.02. The molecule has 1 nitrogen and oxygen atoms in total. The van der Waals surface area contributed by atoms with Gasteiger partial charge in [0, 0.05) is 6.20 Å². The molecule has 0 saturated carbocycles. The summed E-state index contributed by atoms with van der Waals surface area (Å²) in [5.74, 6) is -0.424. The van der Waals surface area contributed by atoms with E-state index >= 15 is 0 Å². The quantitative estimate of drug-likeness (QED) is 0.699. The van der Waals surface area contributed by atoms with Crippen LogP contribution in [0.25, 0.3) is 11.6 Å². The van der Waals surface area contributed by atoms with Gasteiger partial charge in [0.1, 0.15) is 11.0 Å². The van der Waals surface area contributed by atoms with Gasteiger partial charge in [0.25, 0.3) is 0 Å². The van der Waals surface area contributed by atoms with Crippen LogP contribution in [0.2, 0.25) is 10.2 Å². The Morgan fingerprint density at radius 3 is 2.61 bits per heavy atom. The third-order valence-corrected chi connectivity index (χ3v) is 3.04. The summed E-state index contributed by atoms with van der Waals surface area (Å²) in [5.41, 5.74) is 2.67. The standard InChI is InChI=1S/C14H10Cl2FN/c1-9(11-3-5-14(16)18-8-11)6-10-2-4-12(15)13(17)7-10/h2-8H,1H3/b9-6+. The molecule has 2 aromatic rings. The third-order valence-electron chi connectivity index (χ3n) is 2.51. The summed E-state index contributed by atoms with van der Waals surface area (Å²) >= 11 is 11.4. The monoisotopic (exact) mass is 281 g/mol. The lowest BCUT2D eigenvalue weighted by atomic mass is 10.1. The molecular formula is C14H10Cl2FN. The normalized spacial score (nSPS) is 11.7. The summed E-state index contributed by atoms with van der Waals surface area (Å²) < 4.78 is 13.3. The van der Waals surface area contributed by atoms with Crippen molar-refractivity contribution >= 4 is 34.9 Å². The van der Waals surface area contributed by atoms with E-state index < -0.39 is 5.82 Å². The summed E-state index contributed by atoms with van der Waals surface area (Å²) in [6.07, 6.45) is 3.55. The molecule has 0 spiro atoms. The van der Waals surface area contributed by atoms with Gasteiger partial charge in [0.05, 0.1) is 5.02 Å². The Hall–Kier alpha value is -1.38. The highest BCUT2D eigenvalue weighted by atomic mass is 35.5. The second-order valence-corrected chi connectivity index (χ2v) is 4.66. The van der Waals surface area contributed by atoms with E-state index in [0.717, 1.165) is 16.7 Å². The molecule has 18 heavy (non-hydrogen) atoms. The minimum absolute atomic E-state index is 0.123. The van der Waals surface area contributed by atoms with Gasteiger partial charge in [-0.25, -0.2) is 9.37 Å². The molecule has 92 valence electrons. The van der Waals surface area contributed by atoms with Gasteiger partial charge in [0.15, 0.2) is 0 Å². The van der Waals surface area contributed by atoms with Crippen molar-refractivity contribution in [1.82, 2.24) is 4.98 Å². The first-order chi connectivity index (χ1) is 8.56. The van der Waals surface area contributed by atoms with Gasteiger partial charge in [-0.05, 0) is 41.8 Å². The molecule has 0 bridgehead atoms. The zero-order valence-electron chi connectivity index (χ0n) is 9.62. The van der Waals surface area contributed by atoms with Crippen LogP contribution in [0.1, 0.15) is 18.1 Å². The minimum atomic E-state index is -0.424. The maximum absolute atomic E-state index is 13.3. The van der Waals surface area contributed by atoms with Crippen LogP contribution in [0.4, 0.5) is 4.39 Å². The third kappa shape index (κ3) is 3.09. The number of halogens is 3. The van der Waals surface area contributed by atoms with E-state index in [4.69, 9.17) is 23.2 Å². The maximum atomic E-state index is 13.3. The van der Waals surface area contributed by atoms with E-state index in [-0.39, 0.29) is 5.02 Å². The topological polar surface area (TPSA) is 12.9 Å². The fourth-order valence-corrected chi connectivity index (χ4v) is 1.77. The van der Waals surface area contributed by atoms with Crippen LogP contribution in [0.15, 0.2) is 36.5 Å². The van der Waals surface area contributed by atoms with Crippen LogP contribution in [-0.4, -0.2) is 4.98 Å². The summed E-state index contributed by atoms with van der Waals surface area (Å²) in [7, 11) is 0. The Morgan fingerprint density at radius 1 is 1.22 bits per heavy atom. The molecule has 0 aliphatic heterocycles. The van der Waals surface area contributed by atoms with E-state index in [2.05, 4.69) is 4.98 Å². The van der Waals surface area contributed by atoms with Crippen molar-refractivity contribution in [1.29, 1.82) is 0 Å². The molecule has 2 rings (SSSR count). The predicted molar refractivity (Wildman–Crippen MR) is 74.2 cm³/mol. The molecule has 1 aromatic heterocycles. The van der Waals surface area contributed by atoms with Crippen LogP contribution in [0.5, 0.6) is 0 Å². The van der Waals surface area contributed by atoms with Crippen LogP contribution in [-0.2, 0) is 0 Å². The SMILES string of the molecule is C/C(=C\c1ccc(Cl)c(F)c1)c1ccc(Cl)nc1. The Balaban J connectivity index is 2.32. The van der Waals surface area contributed by atoms with Gasteiger partial charge in [-0.15, -0.1) is 0 Å². The molecule has 0 atom stereocenters. The number of pyridine rings is 1. The zero-order valence-corrected chi connectivity index (χ0v) is 11.1. The smallest absolute Gasteiger partial charge is 0.142 e. The van der Waals surface area contributed by atoms with Gasteiger partial charge in [-0.3, -0.25) is 0 Å². The molecule has 1 heterocycles.